The maximum atomic E-state index is 13.2. The molecule has 2 atom stereocenters. The second kappa shape index (κ2) is 9.73. The lowest BCUT2D eigenvalue weighted by Gasteiger charge is -2.35. The second-order valence-corrected chi connectivity index (χ2v) is 12.8. The molecule has 1 aliphatic heterocycles. The lowest BCUT2D eigenvalue weighted by molar-refractivity contribution is -0.151. The normalized spacial score (nSPS) is 20.7. The van der Waals surface area contributed by atoms with Crippen LogP contribution in [0.25, 0.3) is 11.0 Å². The number of esters is 1. The van der Waals surface area contributed by atoms with Gasteiger partial charge < -0.3 is 9.64 Å². The number of methoxy groups -OCH3 is 1. The van der Waals surface area contributed by atoms with Crippen molar-refractivity contribution in [2.75, 3.05) is 33.8 Å². The molecule has 0 N–H and O–H groups in total. The molecule has 0 saturated carbocycles. The van der Waals surface area contributed by atoms with E-state index in [0.717, 1.165) is 53.7 Å². The van der Waals surface area contributed by atoms with Gasteiger partial charge in [-0.2, -0.15) is 0 Å². The van der Waals surface area contributed by atoms with Crippen LogP contribution in [0.4, 0.5) is 0 Å². The average molecular weight is 532 g/mol. The first-order chi connectivity index (χ1) is 18.3. The van der Waals surface area contributed by atoms with E-state index in [2.05, 4.69) is 60.2 Å². The van der Waals surface area contributed by atoms with Crippen molar-refractivity contribution in [2.24, 2.45) is 17.9 Å². The maximum Gasteiger partial charge on any atom is 0.312 e. The summed E-state index contributed by atoms with van der Waals surface area (Å²) >= 11 is 0. The Morgan fingerprint density at radius 1 is 1.15 bits per heavy atom. The van der Waals surface area contributed by atoms with Gasteiger partial charge in [-0.15, -0.1) is 5.10 Å². The number of nitrogens with zero attached hydrogens (tertiary/aromatic N) is 5. The average Bonchev–Trinajstić information content (AvgIpc) is 3.44. The van der Waals surface area contributed by atoms with Crippen molar-refractivity contribution in [1.82, 2.24) is 24.8 Å². The Morgan fingerprint density at radius 3 is 2.62 bits per heavy atom. The maximum absolute atomic E-state index is 13.2. The third-order valence-corrected chi connectivity index (χ3v) is 8.87. The van der Waals surface area contributed by atoms with E-state index in [-0.39, 0.29) is 29.3 Å². The van der Waals surface area contributed by atoms with Gasteiger partial charge in [0.2, 0.25) is 5.91 Å². The summed E-state index contributed by atoms with van der Waals surface area (Å²) in [6.07, 6.45) is 1.97. The molecule has 1 fully saturated rings. The molecule has 8 nitrogen and oxygen atoms in total. The quantitative estimate of drug-likeness (QED) is 0.454. The van der Waals surface area contributed by atoms with Crippen molar-refractivity contribution in [3.05, 3.63) is 58.1 Å². The molecule has 2 unspecified atom stereocenters. The molecule has 1 aromatic heterocycles. The molecule has 2 aromatic carbocycles. The van der Waals surface area contributed by atoms with Crippen LogP contribution >= 0.6 is 0 Å². The zero-order valence-electron chi connectivity index (χ0n) is 24.5. The van der Waals surface area contributed by atoms with Gasteiger partial charge >= 0.3 is 5.97 Å². The number of ether oxygens (including phenoxy) is 1. The molecule has 0 radical (unpaired) electrons. The van der Waals surface area contributed by atoms with Gasteiger partial charge in [0.15, 0.2) is 0 Å². The lowest BCUT2D eigenvalue weighted by Crippen LogP contribution is -2.37. The van der Waals surface area contributed by atoms with Crippen LogP contribution in [0.1, 0.15) is 73.9 Å². The predicted octanol–water partition coefficient (Wildman–Crippen LogP) is 4.40. The molecular weight excluding hydrogens is 490 g/mol. The van der Waals surface area contributed by atoms with Crippen LogP contribution in [0.5, 0.6) is 0 Å². The van der Waals surface area contributed by atoms with E-state index in [1.807, 2.05) is 38.9 Å². The number of hydrogen-bond acceptors (Lipinski definition) is 6. The summed E-state index contributed by atoms with van der Waals surface area (Å²) in [5.74, 6) is -0.342. The van der Waals surface area contributed by atoms with Crippen molar-refractivity contribution < 1.29 is 14.3 Å². The zero-order chi connectivity index (χ0) is 28.3. The van der Waals surface area contributed by atoms with E-state index in [1.54, 1.807) is 4.68 Å². The molecule has 39 heavy (non-hydrogen) atoms. The molecule has 1 aliphatic carbocycles. The van der Waals surface area contributed by atoms with Crippen molar-refractivity contribution in [3.8, 4) is 0 Å². The van der Waals surface area contributed by atoms with Gasteiger partial charge in [0.25, 0.3) is 0 Å². The minimum atomic E-state index is -0.832. The minimum absolute atomic E-state index is 0.0000729. The van der Waals surface area contributed by atoms with E-state index in [9.17, 15) is 9.59 Å². The fourth-order valence-corrected chi connectivity index (χ4v) is 6.99. The van der Waals surface area contributed by atoms with Gasteiger partial charge in [-0.1, -0.05) is 43.3 Å². The Labute approximate surface area is 231 Å². The van der Waals surface area contributed by atoms with E-state index in [1.165, 1.54) is 18.2 Å². The standard InChI is InChI=1S/C31H41N5O3/c1-19-22(12-14-25-28(19)32-33-35(25)7)27(31(4,5)29(38)39-8)21-10-9-20-11-13-24(23(20)15-21)36-16-26(37)34(6)17-30(2,3)18-36/h9-10,12,14-15,24,27H,11,13,16-18H2,1-8H3. The first-order valence-electron chi connectivity index (χ1n) is 13.8. The zero-order valence-corrected chi connectivity index (χ0v) is 24.5. The van der Waals surface area contributed by atoms with Crippen LogP contribution in [-0.4, -0.2) is 70.5 Å². The van der Waals surface area contributed by atoms with Gasteiger partial charge in [0, 0.05) is 39.1 Å². The predicted molar refractivity (Wildman–Crippen MR) is 151 cm³/mol. The molecule has 3 aromatic rings. The van der Waals surface area contributed by atoms with E-state index in [4.69, 9.17) is 4.74 Å². The third-order valence-electron chi connectivity index (χ3n) is 8.87. The van der Waals surface area contributed by atoms with Gasteiger partial charge in [0.1, 0.15) is 5.52 Å². The van der Waals surface area contributed by atoms with Crippen molar-refractivity contribution in [1.29, 1.82) is 0 Å². The summed E-state index contributed by atoms with van der Waals surface area (Å²) in [6, 6.07) is 11.0. The third kappa shape index (κ3) is 4.73. The molecule has 1 saturated heterocycles. The highest BCUT2D eigenvalue weighted by atomic mass is 16.5. The smallest absolute Gasteiger partial charge is 0.312 e. The van der Waals surface area contributed by atoms with E-state index < -0.39 is 5.41 Å². The number of carbonyl (C=O) groups excluding carboxylic acids is 2. The molecule has 5 rings (SSSR count). The Morgan fingerprint density at radius 2 is 1.90 bits per heavy atom. The largest absolute Gasteiger partial charge is 0.469 e. The number of benzene rings is 2. The molecule has 8 heteroatoms. The van der Waals surface area contributed by atoms with Gasteiger partial charge in [-0.05, 0) is 72.9 Å². The SMILES string of the molecule is COC(=O)C(C)(C)C(c1ccc2c(c1)C(N1CC(=O)N(C)CC(C)(C)C1)CC2)c1ccc2c(nnn2C)c1C. The second-order valence-electron chi connectivity index (χ2n) is 12.8. The Balaban J connectivity index is 1.62. The fourth-order valence-electron chi connectivity index (χ4n) is 6.99. The van der Waals surface area contributed by atoms with Crippen molar-refractivity contribution >= 4 is 22.9 Å². The monoisotopic (exact) mass is 531 g/mol. The lowest BCUT2D eigenvalue weighted by atomic mass is 9.69. The summed E-state index contributed by atoms with van der Waals surface area (Å²) in [5, 5.41) is 8.64. The fraction of sp³-hybridized carbons (Fsp3) is 0.548. The van der Waals surface area contributed by atoms with Crippen molar-refractivity contribution in [3.63, 3.8) is 0 Å². The highest BCUT2D eigenvalue weighted by Gasteiger charge is 2.42. The summed E-state index contributed by atoms with van der Waals surface area (Å²) in [7, 11) is 5.25. The van der Waals surface area contributed by atoms with Crippen LogP contribution in [0, 0.1) is 17.8 Å². The van der Waals surface area contributed by atoms with Gasteiger partial charge in [-0.3, -0.25) is 14.5 Å². The molecular formula is C31H41N5O3. The molecule has 0 spiro atoms. The summed E-state index contributed by atoms with van der Waals surface area (Å²) in [5.41, 5.74) is 6.68. The molecule has 1 amide bonds. The van der Waals surface area contributed by atoms with E-state index in [0.29, 0.717) is 6.54 Å². The first-order valence-corrected chi connectivity index (χ1v) is 13.8. The van der Waals surface area contributed by atoms with Crippen LogP contribution in [0.15, 0.2) is 30.3 Å². The van der Waals surface area contributed by atoms with Gasteiger partial charge in [-0.25, -0.2) is 4.68 Å². The van der Waals surface area contributed by atoms with Gasteiger partial charge in [0.05, 0.1) is 24.6 Å². The van der Waals surface area contributed by atoms with E-state index >= 15 is 0 Å². The molecule has 0 bridgehead atoms. The number of carbonyl (C=O) groups is 2. The van der Waals surface area contributed by atoms with Crippen LogP contribution in [-0.2, 0) is 27.8 Å². The summed E-state index contributed by atoms with van der Waals surface area (Å²) in [6.45, 7) is 12.5. The van der Waals surface area contributed by atoms with Crippen LogP contribution in [0.3, 0.4) is 0 Å². The number of aromatic nitrogens is 3. The molecule has 2 heterocycles. The number of aryl methyl sites for hydroxylation is 3. The highest BCUT2D eigenvalue weighted by Crippen LogP contribution is 2.47. The number of amides is 1. The first kappa shape index (κ1) is 27.3. The number of likely N-dealkylation sites (N-methyl/N-ethyl adjacent to an activating group) is 1. The molecule has 2 aliphatic rings. The highest BCUT2D eigenvalue weighted by molar-refractivity contribution is 5.82. The van der Waals surface area contributed by atoms with Crippen molar-refractivity contribution in [2.45, 2.75) is 59.4 Å². The Kier molecular flexibility index (Phi) is 6.82. The van der Waals surface area contributed by atoms with Crippen LogP contribution in [0.2, 0.25) is 0 Å². The number of hydrogen-bond donors (Lipinski definition) is 0. The van der Waals surface area contributed by atoms with Crippen LogP contribution < -0.4 is 0 Å². The Hall–Kier alpha value is -3.26. The topological polar surface area (TPSA) is 80.6 Å². The summed E-state index contributed by atoms with van der Waals surface area (Å²) < 4.78 is 7.09. The number of fused-ring (bicyclic) bond motifs is 2. The molecule has 208 valence electrons. The summed E-state index contributed by atoms with van der Waals surface area (Å²) in [4.78, 5) is 30.4. The Bertz CT molecular complexity index is 1440. The minimum Gasteiger partial charge on any atom is -0.469 e. The number of rotatable bonds is 5.